The molecule has 1 unspecified atom stereocenters. The van der Waals surface area contributed by atoms with E-state index in [0.717, 1.165) is 61.9 Å². The van der Waals surface area contributed by atoms with Crippen LogP contribution in [0.3, 0.4) is 0 Å². The molecule has 2 fully saturated rings. The zero-order valence-electron chi connectivity index (χ0n) is 16.4. The number of carbonyl (C=O) groups is 1. The van der Waals surface area contributed by atoms with Gasteiger partial charge in [-0.25, -0.2) is 4.98 Å². The minimum atomic E-state index is -0.449. The smallest absolute Gasteiger partial charge is 0.228 e. The molecule has 8 heteroatoms. The Balaban J connectivity index is 1.22. The molecule has 29 heavy (non-hydrogen) atoms. The zero-order chi connectivity index (χ0) is 19.8. The summed E-state index contributed by atoms with van der Waals surface area (Å²) in [6.45, 7) is 3.92. The number of carbonyl (C=O) groups excluding carboxylic acids is 1. The van der Waals surface area contributed by atoms with Gasteiger partial charge in [0, 0.05) is 30.9 Å². The number of aliphatic hydroxyl groups is 1. The molecule has 0 aromatic carbocycles. The Morgan fingerprint density at radius 2 is 2.24 bits per heavy atom. The Bertz CT molecular complexity index is 943. The standard InChI is InChI=1S/C21H26N4O3S/c26-17-11-21(3-5-23(6-4-21)14-18-2-1-8-28-18)15-25(13-17)19(27)10-16-12-24-7-9-29-20(24)22-16/h1-2,7-9,12,17,26H,3-6,10-11,13-15H2. The van der Waals surface area contributed by atoms with Crippen molar-refractivity contribution in [1.29, 1.82) is 0 Å². The lowest BCUT2D eigenvalue weighted by Gasteiger charge is -2.49. The number of piperidine rings is 2. The van der Waals surface area contributed by atoms with E-state index in [-0.39, 0.29) is 11.3 Å². The van der Waals surface area contributed by atoms with Crippen molar-refractivity contribution in [3.05, 3.63) is 47.6 Å². The number of aromatic nitrogens is 2. The number of furan rings is 1. The molecule has 1 N–H and O–H groups in total. The van der Waals surface area contributed by atoms with Gasteiger partial charge >= 0.3 is 0 Å². The molecule has 7 nitrogen and oxygen atoms in total. The number of rotatable bonds is 4. The molecule has 0 radical (unpaired) electrons. The molecule has 2 saturated heterocycles. The molecule has 5 rings (SSSR count). The lowest BCUT2D eigenvalue weighted by Crippen LogP contribution is -2.55. The van der Waals surface area contributed by atoms with Crippen molar-refractivity contribution >= 4 is 22.2 Å². The van der Waals surface area contributed by atoms with Gasteiger partial charge in [-0.15, -0.1) is 11.3 Å². The molecular weight excluding hydrogens is 388 g/mol. The largest absolute Gasteiger partial charge is 0.468 e. The highest BCUT2D eigenvalue weighted by molar-refractivity contribution is 7.15. The number of amides is 1. The summed E-state index contributed by atoms with van der Waals surface area (Å²) in [6.07, 6.45) is 8.21. The van der Waals surface area contributed by atoms with Crippen LogP contribution in [0.2, 0.25) is 0 Å². The van der Waals surface area contributed by atoms with Crippen molar-refractivity contribution in [3.63, 3.8) is 0 Å². The van der Waals surface area contributed by atoms with Crippen molar-refractivity contribution in [1.82, 2.24) is 19.2 Å². The number of thiazole rings is 1. The molecule has 1 amide bonds. The van der Waals surface area contributed by atoms with Gasteiger partial charge in [0.2, 0.25) is 5.91 Å². The van der Waals surface area contributed by atoms with E-state index in [0.29, 0.717) is 13.0 Å². The summed E-state index contributed by atoms with van der Waals surface area (Å²) in [5.74, 6) is 1.05. The summed E-state index contributed by atoms with van der Waals surface area (Å²) >= 11 is 1.57. The van der Waals surface area contributed by atoms with E-state index in [1.54, 1.807) is 17.6 Å². The SMILES string of the molecule is O=C(Cc1cn2ccsc2n1)N1CC(O)CC2(CCN(Cc3ccco3)CC2)C1. The summed E-state index contributed by atoms with van der Waals surface area (Å²) < 4.78 is 7.42. The van der Waals surface area contributed by atoms with E-state index in [9.17, 15) is 9.90 Å². The number of likely N-dealkylation sites (tertiary alicyclic amines) is 2. The first kappa shape index (κ1) is 18.8. The molecule has 3 aromatic heterocycles. The van der Waals surface area contributed by atoms with Crippen molar-refractivity contribution < 1.29 is 14.3 Å². The molecular formula is C21H26N4O3S. The average molecular weight is 415 g/mol. The monoisotopic (exact) mass is 414 g/mol. The lowest BCUT2D eigenvalue weighted by molar-refractivity contribution is -0.139. The Morgan fingerprint density at radius 3 is 3.00 bits per heavy atom. The molecule has 1 spiro atoms. The fraction of sp³-hybridized carbons (Fsp3) is 0.524. The second kappa shape index (κ2) is 7.59. The molecule has 154 valence electrons. The maximum absolute atomic E-state index is 13.0. The molecule has 1 atom stereocenters. The topological polar surface area (TPSA) is 74.2 Å². The van der Waals surface area contributed by atoms with Gasteiger partial charge in [0.25, 0.3) is 0 Å². The maximum Gasteiger partial charge on any atom is 0.228 e. The zero-order valence-corrected chi connectivity index (χ0v) is 17.2. The third kappa shape index (κ3) is 3.97. The molecule has 5 heterocycles. The van der Waals surface area contributed by atoms with Crippen LogP contribution in [0.15, 0.2) is 40.6 Å². The minimum absolute atomic E-state index is 0.0154. The highest BCUT2D eigenvalue weighted by atomic mass is 32.1. The van der Waals surface area contributed by atoms with Gasteiger partial charge in [0.1, 0.15) is 5.76 Å². The van der Waals surface area contributed by atoms with Crippen molar-refractivity contribution in [2.75, 3.05) is 26.2 Å². The van der Waals surface area contributed by atoms with Gasteiger partial charge in [-0.1, -0.05) is 0 Å². The van der Waals surface area contributed by atoms with Crippen molar-refractivity contribution in [3.8, 4) is 0 Å². The summed E-state index contributed by atoms with van der Waals surface area (Å²) in [5, 5.41) is 12.5. The van der Waals surface area contributed by atoms with Crippen molar-refractivity contribution in [2.45, 2.75) is 38.3 Å². The van der Waals surface area contributed by atoms with Crippen LogP contribution < -0.4 is 0 Å². The fourth-order valence-corrected chi connectivity index (χ4v) is 5.56. The number of hydrogen-bond donors (Lipinski definition) is 1. The van der Waals surface area contributed by atoms with E-state index < -0.39 is 6.10 Å². The highest BCUT2D eigenvalue weighted by Gasteiger charge is 2.42. The van der Waals surface area contributed by atoms with E-state index in [1.165, 1.54) is 0 Å². The van der Waals surface area contributed by atoms with Gasteiger partial charge < -0.3 is 14.4 Å². The predicted molar refractivity (Wildman–Crippen MR) is 110 cm³/mol. The summed E-state index contributed by atoms with van der Waals surface area (Å²) in [6, 6.07) is 3.93. The number of fused-ring (bicyclic) bond motifs is 1. The van der Waals surface area contributed by atoms with Crippen molar-refractivity contribution in [2.24, 2.45) is 5.41 Å². The molecule has 2 aliphatic rings. The van der Waals surface area contributed by atoms with Gasteiger partial charge in [-0.3, -0.25) is 14.1 Å². The first-order chi connectivity index (χ1) is 14.1. The number of β-amino-alcohol motifs (C(OH)–C–C–N with tert-alkyl or cyclic N) is 1. The summed E-state index contributed by atoms with van der Waals surface area (Å²) in [7, 11) is 0. The second-order valence-electron chi connectivity index (χ2n) is 8.49. The van der Waals surface area contributed by atoms with Gasteiger partial charge in [0.05, 0.1) is 31.0 Å². The Labute approximate surface area is 173 Å². The third-order valence-electron chi connectivity index (χ3n) is 6.33. The van der Waals surface area contributed by atoms with Gasteiger partial charge in [-0.05, 0) is 49.9 Å². The number of aliphatic hydroxyl groups excluding tert-OH is 1. The second-order valence-corrected chi connectivity index (χ2v) is 9.36. The Morgan fingerprint density at radius 1 is 1.38 bits per heavy atom. The quantitative estimate of drug-likeness (QED) is 0.710. The predicted octanol–water partition coefficient (Wildman–Crippen LogP) is 2.41. The van der Waals surface area contributed by atoms with Crippen LogP contribution in [0.5, 0.6) is 0 Å². The van der Waals surface area contributed by atoms with E-state index >= 15 is 0 Å². The van der Waals surface area contributed by atoms with Crippen LogP contribution in [-0.2, 0) is 17.8 Å². The Hall–Kier alpha value is -2.16. The van der Waals surface area contributed by atoms with E-state index in [4.69, 9.17) is 4.42 Å². The number of hydrogen-bond acceptors (Lipinski definition) is 6. The molecule has 0 bridgehead atoms. The fourth-order valence-electron chi connectivity index (χ4n) is 4.84. The number of nitrogens with zero attached hydrogens (tertiary/aromatic N) is 4. The summed E-state index contributed by atoms with van der Waals surface area (Å²) in [4.78, 5) is 22.7. The lowest BCUT2D eigenvalue weighted by atomic mass is 9.71. The van der Waals surface area contributed by atoms with Crippen LogP contribution in [0.4, 0.5) is 0 Å². The first-order valence-electron chi connectivity index (χ1n) is 10.2. The van der Waals surface area contributed by atoms with Gasteiger partial charge in [0.15, 0.2) is 4.96 Å². The summed E-state index contributed by atoms with van der Waals surface area (Å²) in [5.41, 5.74) is 0.811. The highest BCUT2D eigenvalue weighted by Crippen LogP contribution is 2.40. The van der Waals surface area contributed by atoms with Crippen LogP contribution in [-0.4, -0.2) is 62.5 Å². The van der Waals surface area contributed by atoms with E-state index in [2.05, 4.69) is 9.88 Å². The minimum Gasteiger partial charge on any atom is -0.468 e. The van der Waals surface area contributed by atoms with Gasteiger partial charge in [-0.2, -0.15) is 0 Å². The maximum atomic E-state index is 13.0. The van der Waals surface area contributed by atoms with Crippen LogP contribution >= 0.6 is 11.3 Å². The van der Waals surface area contributed by atoms with E-state index in [1.807, 2.05) is 39.2 Å². The number of imidazole rings is 1. The Kier molecular flexibility index (Phi) is 4.93. The normalized spacial score (nSPS) is 22.5. The van der Waals surface area contributed by atoms with Crippen LogP contribution in [0, 0.1) is 5.41 Å². The third-order valence-corrected chi connectivity index (χ3v) is 7.10. The molecule has 0 saturated carbocycles. The van der Waals surface area contributed by atoms with Crippen LogP contribution in [0.25, 0.3) is 4.96 Å². The average Bonchev–Trinajstić information content (AvgIpc) is 3.41. The first-order valence-corrected chi connectivity index (χ1v) is 11.1. The molecule has 2 aliphatic heterocycles. The van der Waals surface area contributed by atoms with Crippen LogP contribution in [0.1, 0.15) is 30.7 Å². The molecule has 0 aliphatic carbocycles. The molecule has 3 aromatic rings.